The molecule has 1 fully saturated rings. The molecule has 0 heterocycles. The van der Waals surface area contributed by atoms with Gasteiger partial charge < -0.3 is 25.2 Å². The zero-order valence-corrected chi connectivity index (χ0v) is 20.6. The molecule has 4 N–H and O–H groups in total. The van der Waals surface area contributed by atoms with E-state index in [2.05, 4.69) is 15.9 Å². The van der Waals surface area contributed by atoms with E-state index in [1.807, 2.05) is 38.1 Å². The van der Waals surface area contributed by atoms with E-state index in [9.17, 15) is 20.1 Å². The van der Waals surface area contributed by atoms with Gasteiger partial charge in [-0.1, -0.05) is 42.6 Å². The molecule has 31 heavy (non-hydrogen) atoms. The van der Waals surface area contributed by atoms with Crippen LogP contribution in [0.25, 0.3) is 0 Å². The quantitative estimate of drug-likeness (QED) is 0.291. The zero-order chi connectivity index (χ0) is 23.0. The van der Waals surface area contributed by atoms with Crippen molar-refractivity contribution in [3.05, 3.63) is 28.7 Å². The molecule has 0 spiro atoms. The van der Waals surface area contributed by atoms with E-state index >= 15 is 0 Å². The maximum absolute atomic E-state index is 11.0. The number of benzene rings is 1. The highest BCUT2D eigenvalue weighted by molar-refractivity contribution is 9.10. The fourth-order valence-corrected chi connectivity index (χ4v) is 5.83. The largest absolute Gasteiger partial charge is 0.491 e. The molecule has 0 aromatic heterocycles. The van der Waals surface area contributed by atoms with Crippen molar-refractivity contribution in [2.75, 3.05) is 12.4 Å². The lowest BCUT2D eigenvalue weighted by molar-refractivity contribution is -0.139. The highest BCUT2D eigenvalue weighted by atomic mass is 79.9. The van der Waals surface area contributed by atoms with Crippen molar-refractivity contribution in [3.8, 4) is 5.75 Å². The van der Waals surface area contributed by atoms with Gasteiger partial charge in [0.25, 0.3) is 0 Å². The van der Waals surface area contributed by atoms with Crippen molar-refractivity contribution < 1.29 is 30.0 Å². The third-order valence-corrected chi connectivity index (χ3v) is 7.94. The minimum absolute atomic E-state index is 0.0258. The number of carboxylic acids is 1. The molecule has 1 aromatic rings. The van der Waals surface area contributed by atoms with Gasteiger partial charge in [-0.2, -0.15) is 11.8 Å². The van der Waals surface area contributed by atoms with E-state index in [0.29, 0.717) is 17.9 Å². The minimum atomic E-state index is -0.779. The summed E-state index contributed by atoms with van der Waals surface area (Å²) in [6.45, 7) is 4.10. The van der Waals surface area contributed by atoms with Crippen LogP contribution in [0.4, 0.5) is 0 Å². The molecule has 176 valence electrons. The van der Waals surface area contributed by atoms with E-state index in [-0.39, 0.29) is 29.6 Å². The Morgan fingerprint density at radius 2 is 1.90 bits per heavy atom. The molecule has 5 unspecified atom stereocenters. The number of carbonyl (C=O) groups is 1. The van der Waals surface area contributed by atoms with Crippen LogP contribution in [0.3, 0.4) is 0 Å². The molecule has 0 radical (unpaired) electrons. The summed E-state index contributed by atoms with van der Waals surface area (Å²) in [7, 11) is 0. The molecule has 2 rings (SSSR count). The van der Waals surface area contributed by atoms with Gasteiger partial charge in [0.15, 0.2) is 0 Å². The molecule has 1 aliphatic rings. The highest BCUT2D eigenvalue weighted by Gasteiger charge is 2.41. The molecule has 0 bridgehead atoms. The third-order valence-electron chi connectivity index (χ3n) is 5.79. The van der Waals surface area contributed by atoms with Crippen molar-refractivity contribution >= 4 is 33.7 Å². The van der Waals surface area contributed by atoms with E-state index in [0.717, 1.165) is 30.2 Å². The Hall–Kier alpha value is -0.800. The number of aliphatic hydroxyl groups excluding tert-OH is 3. The van der Waals surface area contributed by atoms with Gasteiger partial charge >= 0.3 is 5.97 Å². The number of aliphatic hydroxyl groups is 3. The predicted molar refractivity (Wildman–Crippen MR) is 127 cm³/mol. The van der Waals surface area contributed by atoms with Gasteiger partial charge in [-0.25, -0.2) is 0 Å². The Kier molecular flexibility index (Phi) is 10.6. The number of rotatable bonds is 13. The molecular weight excluding hydrogens is 484 g/mol. The van der Waals surface area contributed by atoms with Gasteiger partial charge in [0.05, 0.1) is 24.7 Å². The molecular formula is C23H35BrO6S. The minimum Gasteiger partial charge on any atom is -0.491 e. The Bertz CT molecular complexity index is 683. The maximum Gasteiger partial charge on any atom is 0.303 e. The van der Waals surface area contributed by atoms with Crippen molar-refractivity contribution in [2.45, 2.75) is 75.9 Å². The summed E-state index contributed by atoms with van der Waals surface area (Å²) in [5, 5.41) is 40.0. The molecule has 0 aliphatic heterocycles. The Balaban J connectivity index is 1.75. The van der Waals surface area contributed by atoms with Gasteiger partial charge in [-0.15, -0.1) is 0 Å². The van der Waals surface area contributed by atoms with Crippen molar-refractivity contribution in [3.63, 3.8) is 0 Å². The smallest absolute Gasteiger partial charge is 0.303 e. The van der Waals surface area contributed by atoms with Crippen LogP contribution in [-0.4, -0.2) is 62.3 Å². The van der Waals surface area contributed by atoms with Crippen LogP contribution >= 0.6 is 27.7 Å². The van der Waals surface area contributed by atoms with Crippen LogP contribution in [0, 0.1) is 11.3 Å². The molecule has 6 nitrogen and oxygen atoms in total. The summed E-state index contributed by atoms with van der Waals surface area (Å²) in [4.78, 5) is 11.0. The average molecular weight is 519 g/mol. The van der Waals surface area contributed by atoms with Gasteiger partial charge in [0.1, 0.15) is 12.4 Å². The SMILES string of the molecule is CC(C)(CCCCC1C(O)CC(O)C1SCC(O)COc1ccc(Br)cc1)CC(=O)O. The molecule has 1 saturated carbocycles. The molecule has 5 atom stereocenters. The second kappa shape index (κ2) is 12.4. The second-order valence-electron chi connectivity index (χ2n) is 9.23. The van der Waals surface area contributed by atoms with Crippen LogP contribution in [0.1, 0.15) is 52.4 Å². The third kappa shape index (κ3) is 9.30. The summed E-state index contributed by atoms with van der Waals surface area (Å²) >= 11 is 4.87. The Morgan fingerprint density at radius 1 is 1.23 bits per heavy atom. The maximum atomic E-state index is 11.0. The predicted octanol–water partition coefficient (Wildman–Crippen LogP) is 4.09. The molecule has 0 amide bonds. The van der Waals surface area contributed by atoms with Gasteiger partial charge in [-0.05, 0) is 48.4 Å². The monoisotopic (exact) mass is 518 g/mol. The highest BCUT2D eigenvalue weighted by Crippen LogP contribution is 2.39. The number of ether oxygens (including phenoxy) is 1. The van der Waals surface area contributed by atoms with Crippen LogP contribution in [0.5, 0.6) is 5.75 Å². The summed E-state index contributed by atoms with van der Waals surface area (Å²) in [5.74, 6) is 0.306. The Morgan fingerprint density at radius 3 is 2.55 bits per heavy atom. The molecule has 1 aromatic carbocycles. The van der Waals surface area contributed by atoms with Crippen LogP contribution < -0.4 is 4.74 Å². The van der Waals surface area contributed by atoms with E-state index in [1.54, 1.807) is 0 Å². The summed E-state index contributed by atoms with van der Waals surface area (Å²) < 4.78 is 6.57. The summed E-state index contributed by atoms with van der Waals surface area (Å²) in [5.41, 5.74) is -0.243. The first kappa shape index (κ1) is 26.5. The fourth-order valence-electron chi connectivity index (χ4n) is 4.13. The lowest BCUT2D eigenvalue weighted by atomic mass is 9.83. The van der Waals surface area contributed by atoms with Gasteiger partial charge in [0, 0.05) is 21.9 Å². The number of unbranched alkanes of at least 4 members (excludes halogenated alkanes) is 1. The lowest BCUT2D eigenvalue weighted by Gasteiger charge is -2.25. The number of hydrogen-bond acceptors (Lipinski definition) is 6. The molecule has 0 saturated heterocycles. The number of hydrogen-bond donors (Lipinski definition) is 4. The number of carboxylic acid groups (broad SMARTS) is 1. The zero-order valence-electron chi connectivity index (χ0n) is 18.2. The van der Waals surface area contributed by atoms with Crippen molar-refractivity contribution in [2.24, 2.45) is 11.3 Å². The average Bonchev–Trinajstić information content (AvgIpc) is 2.94. The standard InChI is InChI=1S/C23H35BrO6S/c1-23(2,12-21(28)29)10-4-3-5-18-19(26)11-20(27)22(18)31-14-16(25)13-30-17-8-6-15(24)7-9-17/h6-9,16,18-20,22,25-27H,3-5,10-14H2,1-2H3,(H,28,29). The Labute approximate surface area is 197 Å². The summed E-state index contributed by atoms with van der Waals surface area (Å²) in [6.07, 6.45) is 2.07. The van der Waals surface area contributed by atoms with Crippen LogP contribution in [-0.2, 0) is 4.79 Å². The molecule has 1 aliphatic carbocycles. The topological polar surface area (TPSA) is 107 Å². The number of aliphatic carboxylic acids is 1. The number of halogens is 1. The van der Waals surface area contributed by atoms with Crippen LogP contribution in [0.15, 0.2) is 28.7 Å². The normalized spacial score (nSPS) is 24.8. The van der Waals surface area contributed by atoms with Gasteiger partial charge in [-0.3, -0.25) is 4.79 Å². The second-order valence-corrected chi connectivity index (χ2v) is 11.4. The van der Waals surface area contributed by atoms with E-state index in [4.69, 9.17) is 9.84 Å². The van der Waals surface area contributed by atoms with Crippen molar-refractivity contribution in [1.29, 1.82) is 0 Å². The van der Waals surface area contributed by atoms with E-state index in [1.165, 1.54) is 11.8 Å². The van der Waals surface area contributed by atoms with E-state index < -0.39 is 24.3 Å². The van der Waals surface area contributed by atoms with Crippen molar-refractivity contribution in [1.82, 2.24) is 0 Å². The first-order valence-electron chi connectivity index (χ1n) is 10.8. The first-order chi connectivity index (χ1) is 14.6. The molecule has 8 heteroatoms. The number of thioether (sulfide) groups is 1. The lowest BCUT2D eigenvalue weighted by Crippen LogP contribution is -2.28. The summed E-state index contributed by atoms with van der Waals surface area (Å²) in [6, 6.07) is 7.41. The van der Waals surface area contributed by atoms with Gasteiger partial charge in [0.2, 0.25) is 0 Å². The van der Waals surface area contributed by atoms with Crippen LogP contribution in [0.2, 0.25) is 0 Å². The fraction of sp³-hybridized carbons (Fsp3) is 0.696. The first-order valence-corrected chi connectivity index (χ1v) is 12.7.